The molecule has 1 atom stereocenters. The van der Waals surface area contributed by atoms with Crippen LogP contribution in [0.3, 0.4) is 0 Å². The highest BCUT2D eigenvalue weighted by atomic mass is 16.6. The molecule has 0 fully saturated rings. The van der Waals surface area contributed by atoms with E-state index in [0.717, 1.165) is 0 Å². The molecule has 0 aromatic heterocycles. The van der Waals surface area contributed by atoms with E-state index in [2.05, 4.69) is 5.32 Å². The standard InChI is InChI=1S/C14H20N2O5/c1-5-21-11-8-6-7-10(13(11)16(18)19)15-12(9(2)3)14(17)20-4/h6-9,12,15H,5H2,1-4H3. The summed E-state index contributed by atoms with van der Waals surface area (Å²) in [4.78, 5) is 22.5. The highest BCUT2D eigenvalue weighted by molar-refractivity contribution is 5.81. The molecule has 0 aliphatic rings. The summed E-state index contributed by atoms with van der Waals surface area (Å²) < 4.78 is 9.99. The van der Waals surface area contributed by atoms with Crippen molar-refractivity contribution in [2.45, 2.75) is 26.8 Å². The fourth-order valence-corrected chi connectivity index (χ4v) is 1.89. The average molecular weight is 296 g/mol. The van der Waals surface area contributed by atoms with Crippen molar-refractivity contribution in [3.63, 3.8) is 0 Å². The normalized spacial score (nSPS) is 11.9. The zero-order valence-electron chi connectivity index (χ0n) is 12.6. The summed E-state index contributed by atoms with van der Waals surface area (Å²) in [7, 11) is 1.28. The number of ether oxygens (including phenoxy) is 2. The van der Waals surface area contributed by atoms with Crippen LogP contribution in [0.4, 0.5) is 11.4 Å². The molecule has 116 valence electrons. The second-order valence-corrected chi connectivity index (χ2v) is 4.73. The monoisotopic (exact) mass is 296 g/mol. The first-order valence-corrected chi connectivity index (χ1v) is 6.66. The number of rotatable bonds is 7. The van der Waals surface area contributed by atoms with Gasteiger partial charge in [0.1, 0.15) is 11.7 Å². The number of hydrogen-bond donors (Lipinski definition) is 1. The predicted molar refractivity (Wildman–Crippen MR) is 78.5 cm³/mol. The summed E-state index contributed by atoms with van der Waals surface area (Å²) in [5.41, 5.74) is 0.0453. The summed E-state index contributed by atoms with van der Waals surface area (Å²) in [6.07, 6.45) is 0. The molecule has 1 N–H and O–H groups in total. The number of nitro benzene ring substituents is 1. The predicted octanol–water partition coefficient (Wildman–Crippen LogP) is 2.60. The van der Waals surface area contributed by atoms with Crippen molar-refractivity contribution in [3.8, 4) is 5.75 Å². The molecule has 1 unspecified atom stereocenters. The number of nitrogens with one attached hydrogen (secondary N) is 1. The van der Waals surface area contributed by atoms with E-state index in [1.54, 1.807) is 19.1 Å². The average Bonchev–Trinajstić information content (AvgIpc) is 2.43. The summed E-state index contributed by atoms with van der Waals surface area (Å²) in [5.74, 6) is -0.395. The topological polar surface area (TPSA) is 90.7 Å². The number of nitrogens with zero attached hydrogens (tertiary/aromatic N) is 1. The van der Waals surface area contributed by atoms with E-state index in [4.69, 9.17) is 9.47 Å². The Balaban J connectivity index is 3.19. The maximum atomic E-state index is 11.8. The molecule has 1 aromatic rings. The van der Waals surface area contributed by atoms with Crippen LogP contribution in [0.25, 0.3) is 0 Å². The summed E-state index contributed by atoms with van der Waals surface area (Å²) in [5, 5.41) is 14.2. The zero-order valence-corrected chi connectivity index (χ0v) is 12.6. The van der Waals surface area contributed by atoms with Crippen LogP contribution >= 0.6 is 0 Å². The number of carbonyl (C=O) groups is 1. The number of anilines is 1. The summed E-state index contributed by atoms with van der Waals surface area (Å²) in [6.45, 7) is 5.71. The van der Waals surface area contributed by atoms with E-state index in [-0.39, 0.29) is 23.0 Å². The smallest absolute Gasteiger partial charge is 0.333 e. The van der Waals surface area contributed by atoms with Gasteiger partial charge in [-0.15, -0.1) is 0 Å². The minimum Gasteiger partial charge on any atom is -0.487 e. The van der Waals surface area contributed by atoms with Crippen molar-refractivity contribution in [1.29, 1.82) is 0 Å². The minimum atomic E-state index is -0.675. The van der Waals surface area contributed by atoms with E-state index in [1.165, 1.54) is 13.2 Å². The lowest BCUT2D eigenvalue weighted by atomic mass is 10.0. The second-order valence-electron chi connectivity index (χ2n) is 4.73. The first-order chi connectivity index (χ1) is 9.92. The lowest BCUT2D eigenvalue weighted by molar-refractivity contribution is -0.385. The Morgan fingerprint density at radius 2 is 2.10 bits per heavy atom. The minimum absolute atomic E-state index is 0.0900. The Kier molecular flexibility index (Phi) is 5.95. The van der Waals surface area contributed by atoms with Gasteiger partial charge >= 0.3 is 11.7 Å². The maximum absolute atomic E-state index is 11.8. The van der Waals surface area contributed by atoms with Gasteiger partial charge in [-0.2, -0.15) is 0 Å². The quantitative estimate of drug-likeness (QED) is 0.472. The number of benzene rings is 1. The van der Waals surface area contributed by atoms with Crippen LogP contribution in [0.15, 0.2) is 18.2 Å². The van der Waals surface area contributed by atoms with Crippen LogP contribution < -0.4 is 10.1 Å². The van der Waals surface area contributed by atoms with E-state index >= 15 is 0 Å². The molecule has 0 aliphatic carbocycles. The van der Waals surface area contributed by atoms with E-state index in [0.29, 0.717) is 6.61 Å². The lowest BCUT2D eigenvalue weighted by Gasteiger charge is -2.21. The van der Waals surface area contributed by atoms with Gasteiger partial charge in [0.15, 0.2) is 5.75 Å². The zero-order chi connectivity index (χ0) is 16.0. The Bertz CT molecular complexity index is 516. The molecule has 0 radical (unpaired) electrons. The van der Waals surface area contributed by atoms with Gasteiger partial charge in [0.05, 0.1) is 18.6 Å². The fraction of sp³-hybridized carbons (Fsp3) is 0.500. The highest BCUT2D eigenvalue weighted by Crippen LogP contribution is 2.35. The van der Waals surface area contributed by atoms with Crippen molar-refractivity contribution in [1.82, 2.24) is 0 Å². The molecule has 0 heterocycles. The van der Waals surface area contributed by atoms with Crippen LogP contribution in [0.2, 0.25) is 0 Å². The fourth-order valence-electron chi connectivity index (χ4n) is 1.89. The van der Waals surface area contributed by atoms with Gasteiger partial charge in [-0.1, -0.05) is 19.9 Å². The molecule has 0 saturated heterocycles. The maximum Gasteiger partial charge on any atom is 0.333 e. The Hall–Kier alpha value is -2.31. The third-order valence-corrected chi connectivity index (χ3v) is 2.91. The molecule has 1 aromatic carbocycles. The molecule has 1 rings (SSSR count). The first-order valence-electron chi connectivity index (χ1n) is 6.66. The van der Waals surface area contributed by atoms with Gasteiger partial charge < -0.3 is 14.8 Å². The SMILES string of the molecule is CCOc1cccc(NC(C(=O)OC)C(C)C)c1[N+](=O)[O-]. The van der Waals surface area contributed by atoms with Crippen LogP contribution in [0.5, 0.6) is 5.75 Å². The Labute approximate surface area is 123 Å². The van der Waals surface area contributed by atoms with E-state index in [9.17, 15) is 14.9 Å². The largest absolute Gasteiger partial charge is 0.487 e. The van der Waals surface area contributed by atoms with Gasteiger partial charge in [-0.3, -0.25) is 10.1 Å². The van der Waals surface area contributed by atoms with Crippen molar-refractivity contribution < 1.29 is 19.2 Å². The number of esters is 1. The molecule has 0 spiro atoms. The Morgan fingerprint density at radius 1 is 1.43 bits per heavy atom. The van der Waals surface area contributed by atoms with Crippen LogP contribution in [0, 0.1) is 16.0 Å². The third-order valence-electron chi connectivity index (χ3n) is 2.91. The Morgan fingerprint density at radius 3 is 2.57 bits per heavy atom. The van der Waals surface area contributed by atoms with Crippen LogP contribution in [-0.2, 0) is 9.53 Å². The summed E-state index contributed by atoms with van der Waals surface area (Å²) in [6, 6.07) is 4.02. The molecule has 0 bridgehead atoms. The van der Waals surface area contributed by atoms with Gasteiger partial charge in [0, 0.05) is 0 Å². The van der Waals surface area contributed by atoms with Crippen molar-refractivity contribution in [2.75, 3.05) is 19.0 Å². The van der Waals surface area contributed by atoms with Gasteiger partial charge in [0.25, 0.3) is 0 Å². The van der Waals surface area contributed by atoms with Gasteiger partial charge in [0.2, 0.25) is 0 Å². The molecule has 7 nitrogen and oxygen atoms in total. The molecule has 0 amide bonds. The number of nitro groups is 1. The number of hydrogen-bond acceptors (Lipinski definition) is 6. The lowest BCUT2D eigenvalue weighted by Crippen LogP contribution is -2.35. The first kappa shape index (κ1) is 16.7. The highest BCUT2D eigenvalue weighted by Gasteiger charge is 2.28. The van der Waals surface area contributed by atoms with E-state index in [1.807, 2.05) is 13.8 Å². The summed E-state index contributed by atoms with van der Waals surface area (Å²) >= 11 is 0. The molecule has 0 aliphatic heterocycles. The third kappa shape index (κ3) is 4.08. The van der Waals surface area contributed by atoms with Gasteiger partial charge in [-0.25, -0.2) is 4.79 Å². The number of para-hydroxylation sites is 1. The van der Waals surface area contributed by atoms with Gasteiger partial charge in [-0.05, 0) is 25.0 Å². The van der Waals surface area contributed by atoms with Crippen molar-refractivity contribution >= 4 is 17.3 Å². The molecule has 7 heteroatoms. The van der Waals surface area contributed by atoms with E-state index < -0.39 is 16.9 Å². The molecular formula is C14H20N2O5. The van der Waals surface area contributed by atoms with Crippen molar-refractivity contribution in [2.24, 2.45) is 5.92 Å². The van der Waals surface area contributed by atoms with Crippen LogP contribution in [-0.4, -0.2) is 30.7 Å². The molecule has 0 saturated carbocycles. The number of carbonyl (C=O) groups excluding carboxylic acids is 1. The second kappa shape index (κ2) is 7.47. The van der Waals surface area contributed by atoms with Crippen LogP contribution in [0.1, 0.15) is 20.8 Å². The number of methoxy groups -OCH3 is 1. The molecular weight excluding hydrogens is 276 g/mol. The molecule has 21 heavy (non-hydrogen) atoms. The van der Waals surface area contributed by atoms with Crippen molar-refractivity contribution in [3.05, 3.63) is 28.3 Å².